The summed E-state index contributed by atoms with van der Waals surface area (Å²) in [6.45, 7) is 6.43. The zero-order valence-corrected chi connectivity index (χ0v) is 18.2. The molecule has 1 atom stereocenters. The molecule has 32 heavy (non-hydrogen) atoms. The molecule has 0 radical (unpaired) electrons. The first-order valence-corrected chi connectivity index (χ1v) is 10.6. The lowest BCUT2D eigenvalue weighted by Gasteiger charge is -2.28. The Morgan fingerprint density at radius 1 is 1.03 bits per heavy atom. The maximum atomic E-state index is 11.4. The topological polar surface area (TPSA) is 111 Å². The Hall–Kier alpha value is -3.81. The molecule has 1 N–H and O–H groups in total. The second kappa shape index (κ2) is 8.37. The number of hydrogen-bond donors (Lipinski definition) is 1. The first-order chi connectivity index (χ1) is 15.3. The van der Waals surface area contributed by atoms with E-state index in [2.05, 4.69) is 55.6 Å². The molecular weight excluding hydrogens is 408 g/mol. The average molecular weight is 432 g/mol. The summed E-state index contributed by atoms with van der Waals surface area (Å²) in [5.74, 6) is 0.418. The highest BCUT2D eigenvalue weighted by Gasteiger charge is 2.27. The minimum atomic E-state index is -0.652. The normalized spacial score (nSPS) is 16.7. The van der Waals surface area contributed by atoms with E-state index in [1.165, 1.54) is 39.6 Å². The van der Waals surface area contributed by atoms with Gasteiger partial charge in [0, 0.05) is 11.6 Å². The van der Waals surface area contributed by atoms with Gasteiger partial charge in [-0.2, -0.15) is 5.10 Å². The fraction of sp³-hybridized carbons (Fsp3) is 0.292. The summed E-state index contributed by atoms with van der Waals surface area (Å²) in [7, 11) is 0. The number of nitrogens with zero attached hydrogens (tertiary/aromatic N) is 3. The number of hydrogen-bond acceptors (Lipinski definition) is 6. The molecule has 3 aromatic carbocycles. The molecule has 0 bridgehead atoms. The number of aryl methyl sites for hydroxylation is 2. The van der Waals surface area contributed by atoms with Crippen LogP contribution in [0, 0.1) is 34.1 Å². The van der Waals surface area contributed by atoms with Crippen LogP contribution in [0.1, 0.15) is 54.4 Å². The van der Waals surface area contributed by atoms with Crippen LogP contribution in [-0.2, 0) is 0 Å². The predicted octanol–water partition coefficient (Wildman–Crippen LogP) is 6.38. The lowest BCUT2D eigenvalue weighted by Crippen LogP contribution is -2.18. The van der Waals surface area contributed by atoms with Crippen molar-refractivity contribution in [3.63, 3.8) is 0 Å². The quantitative estimate of drug-likeness (QED) is 0.372. The molecule has 0 saturated carbocycles. The van der Waals surface area contributed by atoms with Gasteiger partial charge in [0.15, 0.2) is 0 Å². The van der Waals surface area contributed by atoms with Crippen molar-refractivity contribution in [3.05, 3.63) is 84.9 Å². The number of nitro benzene ring substituents is 2. The third-order valence-corrected chi connectivity index (χ3v) is 6.29. The van der Waals surface area contributed by atoms with Gasteiger partial charge in [0.1, 0.15) is 5.69 Å². The van der Waals surface area contributed by atoms with Gasteiger partial charge >= 0.3 is 5.69 Å². The summed E-state index contributed by atoms with van der Waals surface area (Å²) < 4.78 is 0. The highest BCUT2D eigenvalue weighted by molar-refractivity contribution is 6.08. The molecule has 0 spiro atoms. The fourth-order valence-corrected chi connectivity index (χ4v) is 4.59. The van der Waals surface area contributed by atoms with Crippen molar-refractivity contribution < 1.29 is 9.85 Å². The molecule has 4 rings (SSSR count). The van der Waals surface area contributed by atoms with Gasteiger partial charge in [-0.25, -0.2) is 0 Å². The SMILES string of the molecule is CC[C@@H]1CC/C(=N\Nc2ccc([N+](=O)[O-])cc2[N+](=O)[O-])c2ccc3c(C)ccc(C)c3c21. The summed E-state index contributed by atoms with van der Waals surface area (Å²) in [4.78, 5) is 21.1. The highest BCUT2D eigenvalue weighted by Crippen LogP contribution is 2.41. The lowest BCUT2D eigenvalue weighted by molar-refractivity contribution is -0.393. The van der Waals surface area contributed by atoms with Crippen molar-refractivity contribution in [1.82, 2.24) is 0 Å². The molecule has 1 aliphatic rings. The third-order valence-electron chi connectivity index (χ3n) is 6.29. The van der Waals surface area contributed by atoms with Crippen LogP contribution in [0.5, 0.6) is 0 Å². The van der Waals surface area contributed by atoms with E-state index in [-0.39, 0.29) is 17.1 Å². The molecule has 0 saturated heterocycles. The second-order valence-corrected chi connectivity index (χ2v) is 8.18. The minimum Gasteiger partial charge on any atom is -0.271 e. The second-order valence-electron chi connectivity index (χ2n) is 8.18. The Balaban J connectivity index is 1.81. The Bertz CT molecular complexity index is 1280. The molecule has 0 unspecified atom stereocenters. The Morgan fingerprint density at radius 3 is 2.47 bits per heavy atom. The van der Waals surface area contributed by atoms with Crippen molar-refractivity contribution in [2.24, 2.45) is 5.10 Å². The average Bonchev–Trinajstić information content (AvgIpc) is 2.79. The smallest absolute Gasteiger partial charge is 0.271 e. The Kier molecular flexibility index (Phi) is 5.61. The van der Waals surface area contributed by atoms with Crippen molar-refractivity contribution in [3.8, 4) is 0 Å². The van der Waals surface area contributed by atoms with Gasteiger partial charge in [-0.15, -0.1) is 0 Å². The van der Waals surface area contributed by atoms with Gasteiger partial charge in [0.25, 0.3) is 5.69 Å². The molecule has 8 nitrogen and oxygen atoms in total. The van der Waals surface area contributed by atoms with E-state index < -0.39 is 9.85 Å². The van der Waals surface area contributed by atoms with E-state index in [9.17, 15) is 20.2 Å². The number of fused-ring (bicyclic) bond motifs is 3. The molecule has 1 aliphatic carbocycles. The number of non-ortho nitro benzene ring substituents is 1. The molecule has 164 valence electrons. The molecule has 0 aromatic heterocycles. The molecule has 3 aromatic rings. The van der Waals surface area contributed by atoms with Gasteiger partial charge in [-0.1, -0.05) is 31.2 Å². The lowest BCUT2D eigenvalue weighted by atomic mass is 9.76. The minimum absolute atomic E-state index is 0.125. The van der Waals surface area contributed by atoms with E-state index in [1.54, 1.807) is 0 Å². The van der Waals surface area contributed by atoms with Gasteiger partial charge in [-0.3, -0.25) is 25.7 Å². The standard InChI is InChI=1S/C24H24N4O4/c1-4-16-7-11-20(19-10-9-18-14(2)5-6-15(3)23(18)24(16)19)25-26-21-12-8-17(27(29)30)13-22(21)28(31)32/h5-6,8-10,12-13,16,26H,4,7,11H2,1-3H3/b25-20+/t16-/m1/s1. The van der Waals surface area contributed by atoms with Crippen molar-refractivity contribution in [1.29, 1.82) is 0 Å². The number of nitrogens with one attached hydrogen (secondary N) is 1. The van der Waals surface area contributed by atoms with E-state index in [1.807, 2.05) is 0 Å². The molecule has 0 fully saturated rings. The molecular formula is C24H24N4O4. The zero-order valence-electron chi connectivity index (χ0n) is 18.2. The van der Waals surface area contributed by atoms with Gasteiger partial charge in [0.2, 0.25) is 0 Å². The van der Waals surface area contributed by atoms with E-state index in [4.69, 9.17) is 0 Å². The van der Waals surface area contributed by atoms with Crippen LogP contribution in [0.3, 0.4) is 0 Å². The van der Waals surface area contributed by atoms with E-state index in [0.29, 0.717) is 5.92 Å². The molecule has 0 amide bonds. The first kappa shape index (κ1) is 21.4. The number of rotatable bonds is 5. The van der Waals surface area contributed by atoms with Crippen LogP contribution in [-0.4, -0.2) is 15.6 Å². The number of nitro groups is 2. The van der Waals surface area contributed by atoms with Crippen LogP contribution >= 0.6 is 0 Å². The van der Waals surface area contributed by atoms with Gasteiger partial charge in [-0.05, 0) is 72.6 Å². The summed E-state index contributed by atoms with van der Waals surface area (Å²) in [5.41, 5.74) is 7.85. The third kappa shape index (κ3) is 3.68. The predicted molar refractivity (Wildman–Crippen MR) is 126 cm³/mol. The maximum absolute atomic E-state index is 11.4. The summed E-state index contributed by atoms with van der Waals surface area (Å²) in [5, 5.41) is 29.5. The highest BCUT2D eigenvalue weighted by atomic mass is 16.6. The van der Waals surface area contributed by atoms with Crippen molar-refractivity contribution in [2.75, 3.05) is 5.43 Å². The van der Waals surface area contributed by atoms with Crippen molar-refractivity contribution >= 4 is 33.5 Å². The van der Waals surface area contributed by atoms with Crippen LogP contribution in [0.2, 0.25) is 0 Å². The Morgan fingerprint density at radius 2 is 1.78 bits per heavy atom. The number of hydrazone groups is 1. The number of benzene rings is 3. The van der Waals surface area contributed by atoms with Gasteiger partial charge < -0.3 is 0 Å². The van der Waals surface area contributed by atoms with Crippen LogP contribution in [0.4, 0.5) is 17.1 Å². The monoisotopic (exact) mass is 432 g/mol. The summed E-state index contributed by atoms with van der Waals surface area (Å²) >= 11 is 0. The largest absolute Gasteiger partial charge is 0.301 e. The zero-order chi connectivity index (χ0) is 23.0. The van der Waals surface area contributed by atoms with Gasteiger partial charge in [0.05, 0.1) is 21.6 Å². The molecule has 0 aliphatic heterocycles. The molecule has 8 heteroatoms. The first-order valence-electron chi connectivity index (χ1n) is 10.6. The van der Waals surface area contributed by atoms with Crippen LogP contribution < -0.4 is 5.43 Å². The molecule has 0 heterocycles. The fourth-order valence-electron chi connectivity index (χ4n) is 4.59. The summed E-state index contributed by atoms with van der Waals surface area (Å²) in [6.07, 6.45) is 2.71. The van der Waals surface area contributed by atoms with Crippen LogP contribution in [0.25, 0.3) is 10.8 Å². The number of anilines is 1. The van der Waals surface area contributed by atoms with Crippen LogP contribution in [0.15, 0.2) is 47.6 Å². The van der Waals surface area contributed by atoms with E-state index >= 15 is 0 Å². The maximum Gasteiger partial charge on any atom is 0.301 e. The van der Waals surface area contributed by atoms with E-state index in [0.717, 1.165) is 36.6 Å². The summed E-state index contributed by atoms with van der Waals surface area (Å²) in [6, 6.07) is 12.0. The van der Waals surface area contributed by atoms with Crippen molar-refractivity contribution in [2.45, 2.75) is 46.0 Å². The Labute approximate surface area is 185 Å².